The Labute approximate surface area is 237 Å². The molecule has 0 heterocycles. The summed E-state index contributed by atoms with van der Waals surface area (Å²) in [5.74, 6) is 0. The Kier molecular flexibility index (Phi) is 135. The van der Waals surface area contributed by atoms with Crippen LogP contribution < -0.4 is 163 Å². The summed E-state index contributed by atoms with van der Waals surface area (Å²) in [6, 6.07) is 0. The quantitative estimate of drug-likeness (QED) is 0.236. The van der Waals surface area contributed by atoms with E-state index in [-0.39, 0.29) is 12.3 Å². The van der Waals surface area contributed by atoms with E-state index in [1.54, 1.807) is 0 Å². The third kappa shape index (κ3) is 146000. The fourth-order valence-corrected chi connectivity index (χ4v) is 0. The van der Waals surface area contributed by atoms with Crippen molar-refractivity contribution in [1.29, 1.82) is 0 Å². The zero-order chi connectivity index (χ0) is 35.8. The molecule has 0 aliphatic heterocycles. The fourth-order valence-electron chi connectivity index (χ4n) is 0. The van der Waals surface area contributed by atoms with Crippen molar-refractivity contribution in [2.75, 3.05) is 0 Å². The molecule has 0 fully saturated rings. The highest BCUT2D eigenvalue weighted by Crippen LogP contribution is 1.03. The smallest absolute Gasteiger partial charge is 0.278 e. The number of quaternary nitrogens is 2. The van der Waals surface area contributed by atoms with Gasteiger partial charge in [-0.05, 0) is 0 Å². The predicted octanol–water partition coefficient (Wildman–Crippen LogP) is -38.7. The van der Waals surface area contributed by atoms with E-state index < -0.39 is 73.2 Å². The Balaban J connectivity index is -0.0000000237. The van der Waals surface area contributed by atoms with Gasteiger partial charge in [0.25, 0.3) is 0 Å². The van der Waals surface area contributed by atoms with Crippen LogP contribution in [0.3, 0.4) is 0 Å². The lowest BCUT2D eigenvalue weighted by atomic mass is 10.3. The van der Waals surface area contributed by atoms with Gasteiger partial charge in [0.05, 0.1) is 0 Å². The molecule has 0 bridgehead atoms. The van der Waals surface area contributed by atoms with Crippen molar-refractivity contribution in [1.82, 2.24) is 12.3 Å². The van der Waals surface area contributed by atoms with Crippen molar-refractivity contribution in [2.24, 2.45) is 0 Å². The van der Waals surface area contributed by atoms with E-state index in [0.717, 1.165) is 0 Å². The highest BCUT2D eigenvalue weighted by molar-refractivity contribution is 6.25. The first-order chi connectivity index (χ1) is 17.3. The zero-order valence-corrected chi connectivity index (χ0v) is 20.0. The lowest BCUT2D eigenvalue weighted by molar-refractivity contribution is -0.481. The van der Waals surface area contributed by atoms with Crippen molar-refractivity contribution in [3.8, 4) is 0 Å². The van der Waals surface area contributed by atoms with Crippen LogP contribution in [0.1, 0.15) is 0 Å². The Morgan fingerprint density at radius 1 is 0.119 bits per heavy atom. The van der Waals surface area contributed by atoms with Crippen LogP contribution in [0.2, 0.25) is 0 Å². The molecule has 0 amide bonds. The van der Waals surface area contributed by atoms with Crippen LogP contribution in [-0.2, 0) is 0 Å². The van der Waals surface area contributed by atoms with E-state index in [1.165, 1.54) is 0 Å². The Hall–Kier alpha value is -0.631. The van der Waals surface area contributed by atoms with Gasteiger partial charge in [0.2, 0.25) is 0 Å². The molecule has 0 aliphatic rings. The second-order valence-electron chi connectivity index (χ2n) is 2.89. The molecule has 0 aromatic heterocycles. The van der Waals surface area contributed by atoms with Crippen molar-refractivity contribution in [3.63, 3.8) is 0 Å². The van der Waals surface area contributed by atoms with Crippen LogP contribution in [-0.4, -0.2) is 73.2 Å². The topological polar surface area (TPSA) is 765 Å². The monoisotopic (exact) mass is 626 g/mol. The molecular weight excluding hydrogens is 616 g/mol. The minimum absolute atomic E-state index is 0. The van der Waals surface area contributed by atoms with Gasteiger partial charge >= 0.3 is 0 Å². The molecule has 256 valence electrons. The summed E-state index contributed by atoms with van der Waals surface area (Å²) < 4.78 is 0. The van der Waals surface area contributed by atoms with Gasteiger partial charge in [0, 0.05) is 0 Å². The molecule has 0 aromatic carbocycles. The summed E-state index contributed by atoms with van der Waals surface area (Å²) in [7, 11) is -29.2. The lowest BCUT2D eigenvalue weighted by Crippen LogP contribution is -2.56. The number of rotatable bonds is 0. The minimum atomic E-state index is -2.92. The highest BCUT2D eigenvalue weighted by Gasteiger charge is 1.20. The first-order valence-corrected chi connectivity index (χ1v) is 7.07. The molecule has 0 spiro atoms. The summed E-state index contributed by atoms with van der Waals surface area (Å²) >= 11 is 0. The summed E-state index contributed by atoms with van der Waals surface area (Å²) in [5, 5.41) is 252. The molecule has 0 radical (unpaired) electrons. The standard InChI is InChI=1S/10BO3.2H3N/c10*2-1(3)4;;/h;;;;;;;;;;2*1H3/q10*-3;;/p+2. The number of hydrogen-bond donors (Lipinski definition) is 2. The first kappa shape index (κ1) is 78.2. The molecule has 0 aliphatic carbocycles. The van der Waals surface area contributed by atoms with E-state index in [1.807, 2.05) is 0 Å². The molecular formula is H8B10N2O30-28. The second kappa shape index (κ2) is 72.5. The minimum Gasteiger partial charge on any atom is -0.907 e. The van der Waals surface area contributed by atoms with Gasteiger partial charge in [-0.15, -0.1) is 0 Å². The molecule has 0 rings (SSSR count). The molecule has 0 aromatic rings. The molecule has 42 heteroatoms. The van der Waals surface area contributed by atoms with Crippen LogP contribution in [0.25, 0.3) is 0 Å². The molecule has 0 saturated heterocycles. The fraction of sp³-hybridized carbons (Fsp3) is 0. The zero-order valence-electron chi connectivity index (χ0n) is 20.0. The van der Waals surface area contributed by atoms with E-state index in [4.69, 9.17) is 151 Å². The van der Waals surface area contributed by atoms with Crippen LogP contribution in [0.15, 0.2) is 0 Å². The maximum atomic E-state index is 8.42. The molecule has 8 N–H and O–H groups in total. The van der Waals surface area contributed by atoms with Gasteiger partial charge in [-0.25, -0.2) is 0 Å². The van der Waals surface area contributed by atoms with Gasteiger partial charge in [-0.3, -0.25) is 73.2 Å². The van der Waals surface area contributed by atoms with Crippen LogP contribution in [0.4, 0.5) is 0 Å². The average Bonchev–Trinajstić information content (AvgIpc) is 2.47. The van der Waals surface area contributed by atoms with Crippen LogP contribution in [0.5, 0.6) is 0 Å². The van der Waals surface area contributed by atoms with Gasteiger partial charge in [0.1, 0.15) is 0 Å². The Morgan fingerprint density at radius 2 is 0.119 bits per heavy atom. The second-order valence-corrected chi connectivity index (χ2v) is 2.89. The number of hydrogen-bond acceptors (Lipinski definition) is 30. The predicted molar refractivity (Wildman–Crippen MR) is 69.5 cm³/mol. The molecule has 32 nitrogen and oxygen atoms in total. The summed E-state index contributed by atoms with van der Waals surface area (Å²) in [6.45, 7) is 0. The summed E-state index contributed by atoms with van der Waals surface area (Å²) in [6.07, 6.45) is 0. The normalized spacial score (nSPS) is 6.43. The van der Waals surface area contributed by atoms with E-state index in [9.17, 15) is 0 Å². The van der Waals surface area contributed by atoms with Crippen molar-refractivity contribution in [3.05, 3.63) is 0 Å². The summed E-state index contributed by atoms with van der Waals surface area (Å²) in [4.78, 5) is 0. The van der Waals surface area contributed by atoms with Gasteiger partial charge in [-0.1, -0.05) is 0 Å². The molecule has 0 atom stereocenters. The van der Waals surface area contributed by atoms with Gasteiger partial charge in [-0.2, -0.15) is 0 Å². The molecule has 0 unspecified atom stereocenters. The van der Waals surface area contributed by atoms with E-state index >= 15 is 0 Å². The van der Waals surface area contributed by atoms with Crippen molar-refractivity contribution in [2.45, 2.75) is 0 Å². The maximum Gasteiger partial charge on any atom is -0.278 e. The van der Waals surface area contributed by atoms with Crippen LogP contribution in [0, 0.1) is 0 Å². The van der Waals surface area contributed by atoms with Crippen molar-refractivity contribution < 1.29 is 151 Å². The van der Waals surface area contributed by atoms with Crippen molar-refractivity contribution >= 4 is 73.2 Å². The Morgan fingerprint density at radius 3 is 0.119 bits per heavy atom. The largest absolute Gasteiger partial charge is 0.907 e. The molecule has 42 heavy (non-hydrogen) atoms. The van der Waals surface area contributed by atoms with Gasteiger partial charge < -0.3 is 163 Å². The highest BCUT2D eigenvalue weighted by atomic mass is 16.6. The Bertz CT molecular complexity index is 191. The maximum absolute atomic E-state index is 8.42. The van der Waals surface area contributed by atoms with E-state index in [2.05, 4.69) is 0 Å². The SMILES string of the molecule is [NH4+].[NH4+].[O-]B([O-])[O-].[O-]B([O-])[O-].[O-]B([O-])[O-].[O-]B([O-])[O-].[O-]B([O-])[O-].[O-]B([O-])[O-].[O-]B([O-])[O-].[O-]B([O-])[O-].[O-]B([O-])[O-].[O-]B([O-])[O-]. The first-order valence-electron chi connectivity index (χ1n) is 7.07. The van der Waals surface area contributed by atoms with Gasteiger partial charge in [0.15, 0.2) is 0 Å². The van der Waals surface area contributed by atoms with E-state index in [0.29, 0.717) is 0 Å². The average molecular weight is 624 g/mol. The summed E-state index contributed by atoms with van der Waals surface area (Å²) in [5.41, 5.74) is 0. The van der Waals surface area contributed by atoms with Crippen LogP contribution >= 0.6 is 0 Å². The molecule has 0 saturated carbocycles. The third-order valence-electron chi connectivity index (χ3n) is 0. The third-order valence-corrected chi connectivity index (χ3v) is 0. The lowest BCUT2D eigenvalue weighted by Gasteiger charge is -2.35.